The second-order valence-electron chi connectivity index (χ2n) is 5.45. The summed E-state index contributed by atoms with van der Waals surface area (Å²) in [5.74, 6) is 5.78. The first-order valence-electron chi connectivity index (χ1n) is 6.83. The highest BCUT2D eigenvalue weighted by Gasteiger charge is 2.14. The van der Waals surface area contributed by atoms with Gasteiger partial charge in [0.25, 0.3) is 0 Å². The molecule has 2 aromatic carbocycles. The maximum Gasteiger partial charge on any atom is 0.0712 e. The minimum Gasteiger partial charge on any atom is -0.378 e. The van der Waals surface area contributed by atoms with Gasteiger partial charge in [0.1, 0.15) is 0 Å². The van der Waals surface area contributed by atoms with Gasteiger partial charge in [-0.05, 0) is 42.7 Å². The summed E-state index contributed by atoms with van der Waals surface area (Å²) >= 11 is 0. The van der Waals surface area contributed by atoms with Crippen molar-refractivity contribution in [3.05, 3.63) is 64.7 Å². The Morgan fingerprint density at radius 2 is 1.65 bits per heavy atom. The number of hydrogen-bond donors (Lipinski definition) is 2. The first-order valence-corrected chi connectivity index (χ1v) is 6.83. The van der Waals surface area contributed by atoms with Crippen molar-refractivity contribution in [1.29, 1.82) is 0 Å². The van der Waals surface area contributed by atoms with Crippen LogP contribution in [0.4, 0.5) is 5.69 Å². The summed E-state index contributed by atoms with van der Waals surface area (Å²) in [5.41, 5.74) is 9.03. The highest BCUT2D eigenvalue weighted by Crippen LogP contribution is 2.26. The van der Waals surface area contributed by atoms with E-state index in [-0.39, 0.29) is 6.04 Å². The zero-order chi connectivity index (χ0) is 14.7. The molecular weight excluding hydrogens is 246 g/mol. The third-order valence-electron chi connectivity index (χ3n) is 3.65. The molecule has 3 N–H and O–H groups in total. The van der Waals surface area contributed by atoms with E-state index in [4.69, 9.17) is 5.84 Å². The van der Waals surface area contributed by atoms with Gasteiger partial charge in [0.05, 0.1) is 6.04 Å². The van der Waals surface area contributed by atoms with Crippen molar-refractivity contribution in [2.24, 2.45) is 5.84 Å². The summed E-state index contributed by atoms with van der Waals surface area (Å²) in [7, 11) is 4.08. The van der Waals surface area contributed by atoms with Crippen LogP contribution >= 0.6 is 0 Å². The van der Waals surface area contributed by atoms with E-state index in [0.29, 0.717) is 0 Å². The van der Waals surface area contributed by atoms with E-state index in [1.54, 1.807) is 0 Å². The van der Waals surface area contributed by atoms with Gasteiger partial charge in [-0.2, -0.15) is 0 Å². The van der Waals surface area contributed by atoms with Crippen LogP contribution in [0, 0.1) is 13.8 Å². The van der Waals surface area contributed by atoms with E-state index in [2.05, 4.69) is 66.6 Å². The number of rotatable bonds is 4. The molecule has 2 rings (SSSR count). The number of nitrogens with one attached hydrogen (secondary N) is 1. The van der Waals surface area contributed by atoms with Crippen molar-refractivity contribution < 1.29 is 0 Å². The minimum absolute atomic E-state index is 0.0202. The molecule has 3 heteroatoms. The van der Waals surface area contributed by atoms with Gasteiger partial charge < -0.3 is 4.90 Å². The fraction of sp³-hybridized carbons (Fsp3) is 0.294. The van der Waals surface area contributed by atoms with Crippen LogP contribution in [0.3, 0.4) is 0 Å². The summed E-state index contributed by atoms with van der Waals surface area (Å²) in [4.78, 5) is 2.09. The zero-order valence-electron chi connectivity index (χ0n) is 12.6. The molecule has 106 valence electrons. The average Bonchev–Trinajstić information content (AvgIpc) is 2.42. The van der Waals surface area contributed by atoms with Crippen LogP contribution in [0.2, 0.25) is 0 Å². The van der Waals surface area contributed by atoms with Crippen LogP contribution in [0.15, 0.2) is 42.5 Å². The van der Waals surface area contributed by atoms with Crippen molar-refractivity contribution in [2.75, 3.05) is 19.0 Å². The summed E-state index contributed by atoms with van der Waals surface area (Å²) < 4.78 is 0. The van der Waals surface area contributed by atoms with Gasteiger partial charge in [0.15, 0.2) is 0 Å². The molecule has 0 fully saturated rings. The van der Waals surface area contributed by atoms with E-state index in [1.165, 1.54) is 27.9 Å². The molecule has 0 bridgehead atoms. The van der Waals surface area contributed by atoms with Crippen LogP contribution in [0.25, 0.3) is 0 Å². The molecule has 1 unspecified atom stereocenters. The molecule has 0 amide bonds. The Bertz CT molecular complexity index is 573. The number of nitrogens with zero attached hydrogens (tertiary/aromatic N) is 1. The third-order valence-corrected chi connectivity index (χ3v) is 3.65. The Labute approximate surface area is 121 Å². The van der Waals surface area contributed by atoms with Gasteiger partial charge in [-0.3, -0.25) is 5.84 Å². The molecule has 2 aromatic rings. The Balaban J connectivity index is 2.36. The number of benzene rings is 2. The molecule has 0 radical (unpaired) electrons. The van der Waals surface area contributed by atoms with Crippen LogP contribution < -0.4 is 16.2 Å². The van der Waals surface area contributed by atoms with Gasteiger partial charge in [-0.25, -0.2) is 5.43 Å². The third kappa shape index (κ3) is 3.00. The second-order valence-corrected chi connectivity index (χ2v) is 5.45. The van der Waals surface area contributed by atoms with Crippen molar-refractivity contribution in [3.8, 4) is 0 Å². The number of nitrogens with two attached hydrogens (primary N) is 1. The monoisotopic (exact) mass is 269 g/mol. The molecule has 0 aliphatic rings. The van der Waals surface area contributed by atoms with E-state index in [0.717, 1.165) is 0 Å². The van der Waals surface area contributed by atoms with Crippen molar-refractivity contribution in [1.82, 2.24) is 5.43 Å². The fourth-order valence-electron chi connectivity index (χ4n) is 2.48. The summed E-state index contributed by atoms with van der Waals surface area (Å²) in [6.45, 7) is 4.23. The Kier molecular flexibility index (Phi) is 4.42. The predicted octanol–water partition coefficient (Wildman–Crippen LogP) is 2.92. The Hall–Kier alpha value is -1.84. The molecular formula is C17H23N3. The summed E-state index contributed by atoms with van der Waals surface area (Å²) in [5, 5.41) is 0. The van der Waals surface area contributed by atoms with Gasteiger partial charge >= 0.3 is 0 Å². The Morgan fingerprint density at radius 3 is 2.15 bits per heavy atom. The molecule has 1 atom stereocenters. The lowest BCUT2D eigenvalue weighted by molar-refractivity contribution is 0.633. The molecule has 0 saturated carbocycles. The SMILES string of the molecule is Cc1ccc(C(NN)c2ccc(N(C)C)cc2)c(C)c1. The normalized spacial score (nSPS) is 12.2. The van der Waals surface area contributed by atoms with E-state index >= 15 is 0 Å². The standard InChI is InChI=1S/C17H23N3/c1-12-5-10-16(13(2)11-12)17(19-18)14-6-8-15(9-7-14)20(3)4/h5-11,17,19H,18H2,1-4H3. The number of anilines is 1. The van der Waals surface area contributed by atoms with E-state index in [1.807, 2.05) is 14.1 Å². The molecule has 0 saturated heterocycles. The van der Waals surface area contributed by atoms with Crippen molar-refractivity contribution in [2.45, 2.75) is 19.9 Å². The van der Waals surface area contributed by atoms with Crippen LogP contribution in [0.5, 0.6) is 0 Å². The van der Waals surface area contributed by atoms with Gasteiger partial charge in [0.2, 0.25) is 0 Å². The molecule has 3 nitrogen and oxygen atoms in total. The van der Waals surface area contributed by atoms with E-state index < -0.39 is 0 Å². The topological polar surface area (TPSA) is 41.3 Å². The molecule has 0 heterocycles. The number of hydrazine groups is 1. The lowest BCUT2D eigenvalue weighted by Gasteiger charge is -2.21. The first kappa shape index (κ1) is 14.6. The molecule has 0 spiro atoms. The highest BCUT2D eigenvalue weighted by molar-refractivity contribution is 5.48. The Morgan fingerprint density at radius 1 is 1.00 bits per heavy atom. The molecule has 0 aliphatic carbocycles. The van der Waals surface area contributed by atoms with Crippen molar-refractivity contribution >= 4 is 5.69 Å². The van der Waals surface area contributed by atoms with Crippen LogP contribution in [-0.4, -0.2) is 14.1 Å². The highest BCUT2D eigenvalue weighted by atomic mass is 15.2. The smallest absolute Gasteiger partial charge is 0.0712 e. The average molecular weight is 269 g/mol. The lowest BCUT2D eigenvalue weighted by atomic mass is 9.94. The van der Waals surface area contributed by atoms with Crippen molar-refractivity contribution in [3.63, 3.8) is 0 Å². The summed E-state index contributed by atoms with van der Waals surface area (Å²) in [6, 6.07) is 15.0. The van der Waals surface area contributed by atoms with E-state index in [9.17, 15) is 0 Å². The largest absolute Gasteiger partial charge is 0.378 e. The summed E-state index contributed by atoms with van der Waals surface area (Å²) in [6.07, 6.45) is 0. The number of hydrogen-bond acceptors (Lipinski definition) is 3. The fourth-order valence-corrected chi connectivity index (χ4v) is 2.48. The van der Waals surface area contributed by atoms with Gasteiger partial charge in [0, 0.05) is 19.8 Å². The maximum absolute atomic E-state index is 5.78. The molecule has 0 aliphatic heterocycles. The zero-order valence-corrected chi connectivity index (χ0v) is 12.6. The predicted molar refractivity (Wildman–Crippen MR) is 85.9 cm³/mol. The number of aryl methyl sites for hydroxylation is 2. The first-order chi connectivity index (χ1) is 9.52. The van der Waals surface area contributed by atoms with Crippen LogP contribution in [-0.2, 0) is 0 Å². The lowest BCUT2D eigenvalue weighted by Crippen LogP contribution is -2.29. The van der Waals surface area contributed by atoms with Crippen LogP contribution in [0.1, 0.15) is 28.3 Å². The molecule has 20 heavy (non-hydrogen) atoms. The second kappa shape index (κ2) is 6.07. The maximum atomic E-state index is 5.78. The van der Waals surface area contributed by atoms with Gasteiger partial charge in [-0.1, -0.05) is 35.9 Å². The minimum atomic E-state index is 0.0202. The quantitative estimate of drug-likeness (QED) is 0.662. The molecule has 0 aromatic heterocycles. The van der Waals surface area contributed by atoms with Gasteiger partial charge in [-0.15, -0.1) is 0 Å².